The van der Waals surface area contributed by atoms with Gasteiger partial charge in [-0.3, -0.25) is 0 Å². The third kappa shape index (κ3) is 3.02. The Morgan fingerprint density at radius 1 is 1.38 bits per heavy atom. The molecule has 0 aliphatic heterocycles. The molecule has 0 radical (unpaired) electrons. The molecule has 0 bridgehead atoms. The van der Waals surface area contributed by atoms with Gasteiger partial charge < -0.3 is 15.2 Å². The summed E-state index contributed by atoms with van der Waals surface area (Å²) in [5.74, 6) is -1.52. The van der Waals surface area contributed by atoms with Gasteiger partial charge in [-0.05, 0) is 17.1 Å². The van der Waals surface area contributed by atoms with E-state index in [1.807, 2.05) is 20.8 Å². The summed E-state index contributed by atoms with van der Waals surface area (Å²) < 4.78 is 1.08. The average molecular weight is 291 g/mol. The molecule has 0 aliphatic carbocycles. The standard InChI is InChI=1S/C12H13N5O4/c1-12(2,3)8-4-7(10(18)19)5-9(14-8)16-6-13-11(15-16)17(20)21/h4-6H,1-3H3,(H,18,19). The minimum atomic E-state index is -1.11. The number of carboxylic acids is 1. The summed E-state index contributed by atoms with van der Waals surface area (Å²) >= 11 is 0. The zero-order valence-corrected chi connectivity index (χ0v) is 11.6. The fraction of sp³-hybridized carbons (Fsp3) is 0.333. The molecule has 0 fully saturated rings. The van der Waals surface area contributed by atoms with E-state index >= 15 is 0 Å². The number of pyridine rings is 1. The van der Waals surface area contributed by atoms with Gasteiger partial charge in [-0.2, -0.15) is 0 Å². The van der Waals surface area contributed by atoms with Crippen molar-refractivity contribution in [2.75, 3.05) is 0 Å². The van der Waals surface area contributed by atoms with Crippen molar-refractivity contribution in [2.45, 2.75) is 26.2 Å². The molecule has 0 spiro atoms. The zero-order chi connectivity index (χ0) is 15.8. The number of carbonyl (C=O) groups is 1. The lowest BCUT2D eigenvalue weighted by molar-refractivity contribution is -0.394. The fourth-order valence-corrected chi connectivity index (χ4v) is 1.59. The van der Waals surface area contributed by atoms with E-state index in [9.17, 15) is 14.9 Å². The van der Waals surface area contributed by atoms with Crippen molar-refractivity contribution in [1.82, 2.24) is 19.7 Å². The van der Waals surface area contributed by atoms with Gasteiger partial charge in [0.25, 0.3) is 0 Å². The van der Waals surface area contributed by atoms with Crippen molar-refractivity contribution in [3.8, 4) is 5.82 Å². The van der Waals surface area contributed by atoms with Crippen LogP contribution in [-0.4, -0.2) is 35.7 Å². The molecule has 21 heavy (non-hydrogen) atoms. The molecule has 0 saturated carbocycles. The molecule has 1 N–H and O–H groups in total. The van der Waals surface area contributed by atoms with Gasteiger partial charge in [-0.15, -0.1) is 4.68 Å². The molecular formula is C12H13N5O4. The number of hydrogen-bond acceptors (Lipinski definition) is 6. The lowest BCUT2D eigenvalue weighted by atomic mass is 9.91. The van der Waals surface area contributed by atoms with Crippen molar-refractivity contribution in [3.05, 3.63) is 39.8 Å². The first-order valence-electron chi connectivity index (χ1n) is 6.01. The SMILES string of the molecule is CC(C)(C)c1cc(C(=O)O)cc(-n2cnc([N+](=O)[O-])n2)n1. The summed E-state index contributed by atoms with van der Waals surface area (Å²) in [6.45, 7) is 5.65. The largest absolute Gasteiger partial charge is 0.491 e. The number of nitrogens with zero attached hydrogens (tertiary/aromatic N) is 5. The molecule has 9 heteroatoms. The van der Waals surface area contributed by atoms with E-state index in [0.29, 0.717) is 5.69 Å². The molecule has 2 aromatic rings. The maximum absolute atomic E-state index is 11.2. The zero-order valence-electron chi connectivity index (χ0n) is 11.6. The quantitative estimate of drug-likeness (QED) is 0.672. The topological polar surface area (TPSA) is 124 Å². The molecule has 2 rings (SSSR count). The van der Waals surface area contributed by atoms with E-state index in [2.05, 4.69) is 15.1 Å². The average Bonchev–Trinajstić information content (AvgIpc) is 2.86. The second-order valence-corrected chi connectivity index (χ2v) is 5.40. The lowest BCUT2D eigenvalue weighted by Gasteiger charge is -2.18. The lowest BCUT2D eigenvalue weighted by Crippen LogP contribution is -2.17. The molecule has 2 aromatic heterocycles. The fourth-order valence-electron chi connectivity index (χ4n) is 1.59. The van der Waals surface area contributed by atoms with Crippen LogP contribution >= 0.6 is 0 Å². The highest BCUT2D eigenvalue weighted by Gasteiger charge is 2.22. The van der Waals surface area contributed by atoms with E-state index in [0.717, 1.165) is 11.0 Å². The van der Waals surface area contributed by atoms with Crippen molar-refractivity contribution in [1.29, 1.82) is 0 Å². The Bertz CT molecular complexity index is 717. The summed E-state index contributed by atoms with van der Waals surface area (Å²) in [5, 5.41) is 23.4. The van der Waals surface area contributed by atoms with Crippen molar-refractivity contribution < 1.29 is 14.8 Å². The van der Waals surface area contributed by atoms with Crippen LogP contribution in [0.2, 0.25) is 0 Å². The van der Waals surface area contributed by atoms with Crippen molar-refractivity contribution in [3.63, 3.8) is 0 Å². The molecular weight excluding hydrogens is 278 g/mol. The predicted molar refractivity (Wildman–Crippen MR) is 71.5 cm³/mol. The molecule has 0 saturated heterocycles. The molecule has 0 aliphatic rings. The Balaban J connectivity index is 2.59. The summed E-state index contributed by atoms with van der Waals surface area (Å²) in [6.07, 6.45) is 1.12. The van der Waals surface area contributed by atoms with Crippen LogP contribution in [0.4, 0.5) is 5.95 Å². The Hall–Kier alpha value is -2.84. The first kappa shape index (κ1) is 14.6. The van der Waals surface area contributed by atoms with Gasteiger partial charge >= 0.3 is 11.9 Å². The van der Waals surface area contributed by atoms with E-state index in [-0.39, 0.29) is 16.8 Å². The Morgan fingerprint density at radius 3 is 2.52 bits per heavy atom. The highest BCUT2D eigenvalue weighted by atomic mass is 16.6. The smallest absolute Gasteiger partial charge is 0.478 e. The maximum atomic E-state index is 11.2. The molecule has 0 aromatic carbocycles. The molecule has 0 atom stereocenters. The monoisotopic (exact) mass is 291 g/mol. The van der Waals surface area contributed by atoms with E-state index < -0.39 is 16.8 Å². The van der Waals surface area contributed by atoms with Gasteiger partial charge in [0.15, 0.2) is 5.82 Å². The maximum Gasteiger partial charge on any atom is 0.491 e. The summed E-state index contributed by atoms with van der Waals surface area (Å²) in [4.78, 5) is 28.9. The number of aromatic nitrogens is 4. The predicted octanol–water partition coefficient (Wildman–Crippen LogP) is 1.57. The van der Waals surface area contributed by atoms with Crippen LogP contribution in [-0.2, 0) is 5.41 Å². The number of carboxylic acid groups (broad SMARTS) is 1. The molecule has 0 amide bonds. The van der Waals surface area contributed by atoms with E-state index in [4.69, 9.17) is 5.11 Å². The first-order chi connectivity index (χ1) is 9.68. The van der Waals surface area contributed by atoms with Crippen LogP contribution in [0.3, 0.4) is 0 Å². The second-order valence-electron chi connectivity index (χ2n) is 5.40. The molecule has 0 unspecified atom stereocenters. The van der Waals surface area contributed by atoms with Crippen LogP contribution in [0.25, 0.3) is 5.82 Å². The number of hydrogen-bond donors (Lipinski definition) is 1. The summed E-state index contributed by atoms with van der Waals surface area (Å²) in [6, 6.07) is 2.76. The first-order valence-corrected chi connectivity index (χ1v) is 6.01. The van der Waals surface area contributed by atoms with Crippen LogP contribution in [0.5, 0.6) is 0 Å². The second kappa shape index (κ2) is 4.93. The van der Waals surface area contributed by atoms with Gasteiger partial charge in [0.2, 0.25) is 6.33 Å². The van der Waals surface area contributed by atoms with Gasteiger partial charge in [0.1, 0.15) is 0 Å². The van der Waals surface area contributed by atoms with Gasteiger partial charge in [0.05, 0.1) is 5.56 Å². The third-order valence-corrected chi connectivity index (χ3v) is 2.70. The van der Waals surface area contributed by atoms with Gasteiger partial charge in [0, 0.05) is 16.2 Å². The van der Waals surface area contributed by atoms with E-state index in [1.165, 1.54) is 12.1 Å². The number of nitro groups is 1. The van der Waals surface area contributed by atoms with Gasteiger partial charge in [-0.1, -0.05) is 25.8 Å². The van der Waals surface area contributed by atoms with Crippen LogP contribution in [0.1, 0.15) is 36.8 Å². The minimum absolute atomic E-state index is 0.0306. The van der Waals surface area contributed by atoms with Crippen LogP contribution in [0, 0.1) is 10.1 Å². The minimum Gasteiger partial charge on any atom is -0.478 e. The van der Waals surface area contributed by atoms with Crippen molar-refractivity contribution >= 4 is 11.9 Å². The normalized spacial score (nSPS) is 11.4. The highest BCUT2D eigenvalue weighted by molar-refractivity contribution is 5.88. The molecule has 110 valence electrons. The van der Waals surface area contributed by atoms with Crippen LogP contribution < -0.4 is 0 Å². The Kier molecular flexibility index (Phi) is 3.42. The van der Waals surface area contributed by atoms with Gasteiger partial charge in [-0.25, -0.2) is 9.78 Å². The number of rotatable bonds is 3. The van der Waals surface area contributed by atoms with Crippen molar-refractivity contribution in [2.24, 2.45) is 0 Å². The summed E-state index contributed by atoms with van der Waals surface area (Å²) in [5.41, 5.74) is 0.186. The van der Waals surface area contributed by atoms with Crippen LogP contribution in [0.15, 0.2) is 18.5 Å². The molecule has 2 heterocycles. The third-order valence-electron chi connectivity index (χ3n) is 2.70. The highest BCUT2D eigenvalue weighted by Crippen LogP contribution is 2.23. The Morgan fingerprint density at radius 2 is 2.05 bits per heavy atom. The van der Waals surface area contributed by atoms with E-state index in [1.54, 1.807) is 0 Å². The number of aromatic carboxylic acids is 1. The summed E-state index contributed by atoms with van der Waals surface area (Å²) in [7, 11) is 0. The molecule has 9 nitrogen and oxygen atoms in total. The Labute approximate surface area is 119 Å².